The summed E-state index contributed by atoms with van der Waals surface area (Å²) < 4.78 is 44.0. The van der Waals surface area contributed by atoms with E-state index in [2.05, 4.69) is 25.2 Å². The number of nitrogens with one attached hydrogen (secondary N) is 1. The zero-order valence-corrected chi connectivity index (χ0v) is 15.8. The first-order valence-electron chi connectivity index (χ1n) is 9.22. The summed E-state index contributed by atoms with van der Waals surface area (Å²) >= 11 is 0. The molecule has 3 heterocycles. The summed E-state index contributed by atoms with van der Waals surface area (Å²) in [6.07, 6.45) is 0.371. The van der Waals surface area contributed by atoms with Crippen molar-refractivity contribution in [3.05, 3.63) is 48.4 Å². The van der Waals surface area contributed by atoms with E-state index in [0.29, 0.717) is 41.1 Å². The number of rotatable bonds is 4. The molecule has 0 aliphatic carbocycles. The van der Waals surface area contributed by atoms with Gasteiger partial charge in [-0.3, -0.25) is 9.88 Å². The summed E-state index contributed by atoms with van der Waals surface area (Å²) in [4.78, 5) is 15.5. The summed E-state index contributed by atoms with van der Waals surface area (Å²) in [7, 11) is 2.05. The number of nitrogens with zero attached hydrogens (tertiary/aromatic N) is 4. The van der Waals surface area contributed by atoms with Crippen LogP contribution in [0.15, 0.2) is 42.9 Å². The molecule has 0 radical (unpaired) electrons. The smallest absolute Gasteiger partial charge is 0.378 e. The average molecular weight is 403 g/mol. The molecule has 1 aromatic carbocycles. The second-order valence-electron chi connectivity index (χ2n) is 6.94. The predicted octanol–water partition coefficient (Wildman–Crippen LogP) is 3.45. The standard InChI is InChI=1S/C20H20F3N5O/c1-28-8-9-29-12-15(28)10-26-19-18-17(24-6-7-25-18)16(11-27-19)13-2-4-14(5-3-13)20(21,22)23/h2-7,11,15H,8-10,12H2,1H3,(H,26,27)/t15-/m1/s1. The fraction of sp³-hybridized carbons (Fsp3) is 0.350. The third-order valence-corrected chi connectivity index (χ3v) is 5.05. The lowest BCUT2D eigenvalue weighted by atomic mass is 10.0. The molecule has 0 spiro atoms. The highest BCUT2D eigenvalue weighted by Crippen LogP contribution is 2.33. The summed E-state index contributed by atoms with van der Waals surface area (Å²) in [5.74, 6) is 0.586. The Morgan fingerprint density at radius 2 is 1.83 bits per heavy atom. The van der Waals surface area contributed by atoms with Crippen LogP contribution < -0.4 is 5.32 Å². The van der Waals surface area contributed by atoms with Gasteiger partial charge in [0.2, 0.25) is 0 Å². The molecule has 0 bridgehead atoms. The third kappa shape index (κ3) is 4.15. The normalized spacial score (nSPS) is 18.1. The van der Waals surface area contributed by atoms with Crippen molar-refractivity contribution in [2.75, 3.05) is 38.7 Å². The van der Waals surface area contributed by atoms with E-state index in [1.165, 1.54) is 12.1 Å². The Kier molecular flexibility index (Phi) is 5.33. The number of benzene rings is 1. The number of halogens is 3. The van der Waals surface area contributed by atoms with Crippen molar-refractivity contribution >= 4 is 16.9 Å². The Balaban J connectivity index is 1.63. The van der Waals surface area contributed by atoms with Gasteiger partial charge in [-0.2, -0.15) is 13.2 Å². The lowest BCUT2D eigenvalue weighted by Gasteiger charge is -2.32. The van der Waals surface area contributed by atoms with E-state index in [-0.39, 0.29) is 6.04 Å². The second kappa shape index (κ2) is 7.92. The SMILES string of the molecule is CN1CCOC[C@H]1CNc1ncc(-c2ccc(C(F)(F)F)cc2)c2nccnc12. The summed E-state index contributed by atoms with van der Waals surface area (Å²) in [5.41, 5.74) is 1.69. The number of morpholine rings is 1. The van der Waals surface area contributed by atoms with Gasteiger partial charge in [-0.25, -0.2) is 9.97 Å². The number of aromatic nitrogens is 3. The van der Waals surface area contributed by atoms with Crippen LogP contribution in [0.25, 0.3) is 22.2 Å². The first-order chi connectivity index (χ1) is 13.9. The molecule has 3 aromatic rings. The molecule has 1 fully saturated rings. The maximum absolute atomic E-state index is 12.8. The predicted molar refractivity (Wildman–Crippen MR) is 103 cm³/mol. The molecule has 6 nitrogen and oxygen atoms in total. The van der Waals surface area contributed by atoms with E-state index in [1.807, 2.05) is 7.05 Å². The largest absolute Gasteiger partial charge is 0.416 e. The number of alkyl halides is 3. The highest BCUT2D eigenvalue weighted by Gasteiger charge is 2.30. The summed E-state index contributed by atoms with van der Waals surface area (Å²) in [5, 5.41) is 3.31. The molecular formula is C20H20F3N5O. The number of hydrogen-bond acceptors (Lipinski definition) is 6. The van der Waals surface area contributed by atoms with Crippen molar-refractivity contribution in [3.63, 3.8) is 0 Å². The molecule has 29 heavy (non-hydrogen) atoms. The Morgan fingerprint density at radius 3 is 2.52 bits per heavy atom. The summed E-state index contributed by atoms with van der Waals surface area (Å²) in [6, 6.07) is 5.18. The van der Waals surface area contributed by atoms with Crippen LogP contribution in [0, 0.1) is 0 Å². The van der Waals surface area contributed by atoms with Crippen molar-refractivity contribution < 1.29 is 17.9 Å². The molecule has 0 saturated carbocycles. The topological polar surface area (TPSA) is 63.2 Å². The van der Waals surface area contributed by atoms with Gasteiger partial charge in [0.05, 0.1) is 24.8 Å². The zero-order chi connectivity index (χ0) is 20.4. The third-order valence-electron chi connectivity index (χ3n) is 5.05. The van der Waals surface area contributed by atoms with Crippen LogP contribution in [0.1, 0.15) is 5.56 Å². The number of ether oxygens (including phenoxy) is 1. The maximum atomic E-state index is 12.8. The first kappa shape index (κ1) is 19.5. The quantitative estimate of drug-likeness (QED) is 0.720. The van der Waals surface area contributed by atoms with Crippen LogP contribution >= 0.6 is 0 Å². The fourth-order valence-corrected chi connectivity index (χ4v) is 3.31. The van der Waals surface area contributed by atoms with E-state index in [4.69, 9.17) is 4.74 Å². The van der Waals surface area contributed by atoms with Crippen LogP contribution in [0.4, 0.5) is 19.0 Å². The molecule has 0 amide bonds. The van der Waals surface area contributed by atoms with Crippen molar-refractivity contribution in [1.29, 1.82) is 0 Å². The van der Waals surface area contributed by atoms with E-state index in [0.717, 1.165) is 25.3 Å². The van der Waals surface area contributed by atoms with Crippen LogP contribution in [0.3, 0.4) is 0 Å². The van der Waals surface area contributed by atoms with Gasteiger partial charge in [0.25, 0.3) is 0 Å². The van der Waals surface area contributed by atoms with Crippen LogP contribution in [0.5, 0.6) is 0 Å². The Morgan fingerprint density at radius 1 is 1.10 bits per heavy atom. The fourth-order valence-electron chi connectivity index (χ4n) is 3.31. The lowest BCUT2D eigenvalue weighted by molar-refractivity contribution is -0.137. The highest BCUT2D eigenvalue weighted by molar-refractivity contribution is 5.96. The highest BCUT2D eigenvalue weighted by atomic mass is 19.4. The van der Waals surface area contributed by atoms with Crippen LogP contribution in [-0.4, -0.2) is 59.2 Å². The average Bonchev–Trinajstić information content (AvgIpc) is 2.72. The molecule has 2 aromatic heterocycles. The van der Waals surface area contributed by atoms with Gasteiger partial charge < -0.3 is 10.1 Å². The minimum Gasteiger partial charge on any atom is -0.378 e. The first-order valence-corrected chi connectivity index (χ1v) is 9.22. The molecule has 0 unspecified atom stereocenters. The molecule has 152 valence electrons. The van der Waals surface area contributed by atoms with Gasteiger partial charge in [-0.15, -0.1) is 0 Å². The van der Waals surface area contributed by atoms with E-state index < -0.39 is 11.7 Å². The van der Waals surface area contributed by atoms with Gasteiger partial charge in [0.1, 0.15) is 11.0 Å². The molecule has 1 saturated heterocycles. The van der Waals surface area contributed by atoms with Crippen molar-refractivity contribution in [3.8, 4) is 11.1 Å². The van der Waals surface area contributed by atoms with Crippen molar-refractivity contribution in [2.45, 2.75) is 12.2 Å². The van der Waals surface area contributed by atoms with E-state index in [9.17, 15) is 13.2 Å². The van der Waals surface area contributed by atoms with Crippen molar-refractivity contribution in [1.82, 2.24) is 19.9 Å². The number of anilines is 1. The molecule has 1 atom stereocenters. The zero-order valence-electron chi connectivity index (χ0n) is 15.8. The van der Waals surface area contributed by atoms with Crippen molar-refractivity contribution in [2.24, 2.45) is 0 Å². The molecule has 9 heteroatoms. The minimum absolute atomic E-state index is 0.215. The number of pyridine rings is 1. The van der Waals surface area contributed by atoms with Gasteiger partial charge in [0, 0.05) is 37.2 Å². The van der Waals surface area contributed by atoms with Gasteiger partial charge in [0.15, 0.2) is 5.82 Å². The molecule has 1 aliphatic rings. The van der Waals surface area contributed by atoms with Crippen LogP contribution in [-0.2, 0) is 10.9 Å². The van der Waals surface area contributed by atoms with Gasteiger partial charge in [-0.1, -0.05) is 12.1 Å². The van der Waals surface area contributed by atoms with E-state index in [1.54, 1.807) is 18.6 Å². The molecule has 4 rings (SSSR count). The summed E-state index contributed by atoms with van der Waals surface area (Å²) in [6.45, 7) is 2.86. The van der Waals surface area contributed by atoms with E-state index >= 15 is 0 Å². The lowest BCUT2D eigenvalue weighted by Crippen LogP contribution is -2.46. The number of hydrogen-bond donors (Lipinski definition) is 1. The molecular weight excluding hydrogens is 383 g/mol. The Bertz CT molecular complexity index is 994. The second-order valence-corrected chi connectivity index (χ2v) is 6.94. The van der Waals surface area contributed by atoms with Crippen LogP contribution in [0.2, 0.25) is 0 Å². The Hall–Kier alpha value is -2.78. The van der Waals surface area contributed by atoms with Gasteiger partial charge >= 0.3 is 6.18 Å². The monoisotopic (exact) mass is 403 g/mol. The minimum atomic E-state index is -4.37. The Labute approximate surface area is 165 Å². The number of fused-ring (bicyclic) bond motifs is 1. The maximum Gasteiger partial charge on any atom is 0.416 e. The van der Waals surface area contributed by atoms with Gasteiger partial charge in [-0.05, 0) is 24.7 Å². The molecule has 1 aliphatic heterocycles. The molecule has 1 N–H and O–H groups in total. The number of likely N-dealkylation sites (N-methyl/N-ethyl adjacent to an activating group) is 1.